The average Bonchev–Trinajstić information content (AvgIpc) is 3.00. The van der Waals surface area contributed by atoms with Gasteiger partial charge < -0.3 is 0 Å². The third kappa shape index (κ3) is 6.58. The number of aromatic nitrogens is 2. The quantitative estimate of drug-likeness (QED) is 0.426. The van der Waals surface area contributed by atoms with Crippen molar-refractivity contribution in [2.75, 3.05) is 0 Å². The smallest absolute Gasteiger partial charge is 0.0969 e. The van der Waals surface area contributed by atoms with Crippen molar-refractivity contribution in [1.29, 1.82) is 0 Å². The Bertz CT molecular complexity index is 730. The van der Waals surface area contributed by atoms with Gasteiger partial charge in [0.15, 0.2) is 0 Å². The Morgan fingerprint density at radius 1 is 1.43 bits per heavy atom. The first kappa shape index (κ1) is 18.1. The summed E-state index contributed by atoms with van der Waals surface area (Å²) < 4.78 is 14.4. The molecule has 0 N–H and O–H groups in total. The molecule has 0 bridgehead atoms. The summed E-state index contributed by atoms with van der Waals surface area (Å²) in [4.78, 5) is 4.24. The minimum atomic E-state index is -0.284. The monoisotopic (exact) mass is 309 g/mol. The van der Waals surface area contributed by atoms with Gasteiger partial charge in [0.25, 0.3) is 0 Å². The summed E-state index contributed by atoms with van der Waals surface area (Å²) >= 11 is 0. The van der Waals surface area contributed by atoms with E-state index in [4.69, 9.17) is 0 Å². The van der Waals surface area contributed by atoms with Crippen LogP contribution in [-0.4, -0.2) is 15.5 Å². The lowest BCUT2D eigenvalue weighted by atomic mass is 10.2. The standard InChI is InChI=1S/C19H20FN3/c1-5-8-13-21-18(6-2)11-10-17-14-22-23(15-17)19(7-3)12-9-16(4)20/h5,7-9,12-15H,1,3,6H2,2,4H3/b13-8-,16-9+,19-12+,21-18+. The van der Waals surface area contributed by atoms with Crippen LogP contribution in [0.5, 0.6) is 0 Å². The average molecular weight is 309 g/mol. The zero-order valence-corrected chi connectivity index (χ0v) is 13.5. The maximum Gasteiger partial charge on any atom is 0.0969 e. The highest BCUT2D eigenvalue weighted by atomic mass is 19.1. The summed E-state index contributed by atoms with van der Waals surface area (Å²) in [7, 11) is 0. The predicted molar refractivity (Wildman–Crippen MR) is 95.5 cm³/mol. The number of nitrogens with zero attached hydrogens (tertiary/aromatic N) is 3. The molecule has 0 aliphatic heterocycles. The van der Waals surface area contributed by atoms with Crippen molar-refractivity contribution in [2.24, 2.45) is 4.99 Å². The second kappa shape index (κ2) is 9.91. The number of aliphatic imine (C=N–C) groups is 1. The van der Waals surface area contributed by atoms with Crippen molar-refractivity contribution in [1.82, 2.24) is 9.78 Å². The van der Waals surface area contributed by atoms with Gasteiger partial charge in [0.05, 0.1) is 29.0 Å². The van der Waals surface area contributed by atoms with Gasteiger partial charge in [0.1, 0.15) is 0 Å². The second-order valence-electron chi connectivity index (χ2n) is 4.48. The zero-order chi connectivity index (χ0) is 17.1. The van der Waals surface area contributed by atoms with E-state index in [0.717, 1.165) is 17.7 Å². The van der Waals surface area contributed by atoms with Gasteiger partial charge in [-0.25, -0.2) is 9.07 Å². The highest BCUT2D eigenvalue weighted by Gasteiger charge is 1.99. The maximum absolute atomic E-state index is 12.8. The van der Waals surface area contributed by atoms with E-state index < -0.39 is 0 Å². The Morgan fingerprint density at radius 2 is 2.22 bits per heavy atom. The lowest BCUT2D eigenvalue weighted by Gasteiger charge is -1.99. The van der Waals surface area contributed by atoms with Crippen LogP contribution in [0.15, 0.2) is 73.0 Å². The number of allylic oxidation sites excluding steroid dienone is 7. The van der Waals surface area contributed by atoms with E-state index in [1.165, 1.54) is 13.0 Å². The number of hydrogen-bond acceptors (Lipinski definition) is 2. The molecule has 0 unspecified atom stereocenters. The zero-order valence-electron chi connectivity index (χ0n) is 13.5. The molecule has 0 saturated carbocycles. The van der Waals surface area contributed by atoms with E-state index in [9.17, 15) is 4.39 Å². The van der Waals surface area contributed by atoms with Crippen molar-refractivity contribution >= 4 is 11.4 Å². The molecule has 118 valence electrons. The van der Waals surface area contributed by atoms with Gasteiger partial charge in [-0.3, -0.25) is 4.99 Å². The maximum atomic E-state index is 12.8. The van der Waals surface area contributed by atoms with Crippen LogP contribution in [-0.2, 0) is 0 Å². The van der Waals surface area contributed by atoms with Crippen molar-refractivity contribution in [3.63, 3.8) is 0 Å². The van der Waals surface area contributed by atoms with E-state index in [1.807, 2.05) is 6.92 Å². The third-order valence-electron chi connectivity index (χ3n) is 2.68. The second-order valence-corrected chi connectivity index (χ2v) is 4.48. The van der Waals surface area contributed by atoms with Crippen LogP contribution in [0.25, 0.3) is 5.70 Å². The highest BCUT2D eigenvalue weighted by Crippen LogP contribution is 2.08. The van der Waals surface area contributed by atoms with Crippen LogP contribution in [0.1, 0.15) is 25.8 Å². The topological polar surface area (TPSA) is 30.2 Å². The van der Waals surface area contributed by atoms with Gasteiger partial charge in [0.2, 0.25) is 0 Å². The van der Waals surface area contributed by atoms with Gasteiger partial charge >= 0.3 is 0 Å². The highest BCUT2D eigenvalue weighted by molar-refractivity contribution is 6.00. The molecule has 3 nitrogen and oxygen atoms in total. The largest absolute Gasteiger partial charge is 0.252 e. The molecule has 1 rings (SSSR count). The fourth-order valence-corrected chi connectivity index (χ4v) is 1.52. The molecule has 0 aromatic carbocycles. The summed E-state index contributed by atoms with van der Waals surface area (Å²) in [6.45, 7) is 10.7. The van der Waals surface area contributed by atoms with Crippen molar-refractivity contribution in [3.8, 4) is 11.8 Å². The Kier molecular flexibility index (Phi) is 7.81. The number of halogens is 1. The molecule has 0 fully saturated rings. The number of rotatable bonds is 6. The van der Waals surface area contributed by atoms with Gasteiger partial charge in [-0.2, -0.15) is 5.10 Å². The molecular weight excluding hydrogens is 289 g/mol. The minimum absolute atomic E-state index is 0.284. The third-order valence-corrected chi connectivity index (χ3v) is 2.68. The Morgan fingerprint density at radius 3 is 2.83 bits per heavy atom. The SMILES string of the molecule is C=C/C=C\N=C(\C#Cc1cnn(/C(C=C)=C/C=C(\C)F)c1)CC. The predicted octanol–water partition coefficient (Wildman–Crippen LogP) is 4.69. The molecule has 1 heterocycles. The molecule has 1 aromatic heterocycles. The first-order chi connectivity index (χ1) is 11.1. The lowest BCUT2D eigenvalue weighted by molar-refractivity contribution is 0.640. The Labute approximate surface area is 136 Å². The fraction of sp³-hybridized carbons (Fsp3) is 0.158. The molecule has 0 amide bonds. The summed E-state index contributed by atoms with van der Waals surface area (Å²) in [5.41, 5.74) is 2.17. The summed E-state index contributed by atoms with van der Waals surface area (Å²) in [5, 5.41) is 4.20. The van der Waals surface area contributed by atoms with Crippen molar-refractivity contribution < 1.29 is 4.39 Å². The van der Waals surface area contributed by atoms with Crippen LogP contribution in [0.3, 0.4) is 0 Å². The summed E-state index contributed by atoms with van der Waals surface area (Å²) in [5.74, 6) is 5.74. The summed E-state index contributed by atoms with van der Waals surface area (Å²) in [6.07, 6.45) is 13.8. The molecule has 23 heavy (non-hydrogen) atoms. The van der Waals surface area contributed by atoms with Crippen molar-refractivity contribution in [2.45, 2.75) is 20.3 Å². The van der Waals surface area contributed by atoms with Crippen LogP contribution in [0, 0.1) is 11.8 Å². The van der Waals surface area contributed by atoms with E-state index >= 15 is 0 Å². The van der Waals surface area contributed by atoms with Gasteiger partial charge in [-0.15, -0.1) is 0 Å². The normalized spacial score (nSPS) is 12.9. The van der Waals surface area contributed by atoms with E-state index in [1.54, 1.807) is 47.6 Å². The molecule has 0 aliphatic rings. The van der Waals surface area contributed by atoms with Gasteiger partial charge in [0, 0.05) is 12.4 Å². The van der Waals surface area contributed by atoms with E-state index in [2.05, 4.69) is 35.1 Å². The first-order valence-electron chi connectivity index (χ1n) is 7.18. The number of hydrogen-bond donors (Lipinski definition) is 0. The van der Waals surface area contributed by atoms with Gasteiger partial charge in [-0.1, -0.05) is 32.1 Å². The molecule has 1 aromatic rings. The van der Waals surface area contributed by atoms with Crippen LogP contribution in [0.4, 0.5) is 4.39 Å². The van der Waals surface area contributed by atoms with Crippen LogP contribution in [0.2, 0.25) is 0 Å². The minimum Gasteiger partial charge on any atom is -0.252 e. The summed E-state index contributed by atoms with van der Waals surface area (Å²) in [6, 6.07) is 0. The molecule has 0 atom stereocenters. The Hall–Kier alpha value is -2.93. The molecule has 4 heteroatoms. The van der Waals surface area contributed by atoms with E-state index in [-0.39, 0.29) is 5.83 Å². The van der Waals surface area contributed by atoms with Crippen LogP contribution >= 0.6 is 0 Å². The molecule has 0 radical (unpaired) electrons. The Balaban J connectivity index is 2.99. The van der Waals surface area contributed by atoms with Crippen LogP contribution < -0.4 is 0 Å². The molecule has 0 spiro atoms. The molecular formula is C19H20FN3. The molecule has 0 saturated heterocycles. The van der Waals surface area contributed by atoms with E-state index in [0.29, 0.717) is 5.70 Å². The van der Waals surface area contributed by atoms with Crippen molar-refractivity contribution in [3.05, 3.63) is 73.5 Å². The fourth-order valence-electron chi connectivity index (χ4n) is 1.52. The molecule has 0 aliphatic carbocycles. The lowest BCUT2D eigenvalue weighted by Crippen LogP contribution is -1.93. The first-order valence-corrected chi connectivity index (χ1v) is 7.18. The van der Waals surface area contributed by atoms with Gasteiger partial charge in [-0.05, 0) is 43.6 Å².